The minimum absolute atomic E-state index is 0.0346. The molecule has 0 amide bonds. The number of hydrogen-bond donors (Lipinski definition) is 0. The lowest BCUT2D eigenvalue weighted by Crippen LogP contribution is -2.04. The molecule has 0 fully saturated rings. The van der Waals surface area contributed by atoms with Crippen LogP contribution < -0.4 is 0 Å². The van der Waals surface area contributed by atoms with Crippen LogP contribution in [0.15, 0.2) is 47.1 Å². The first-order chi connectivity index (χ1) is 8.16. The second kappa shape index (κ2) is 5.43. The molecule has 2 rings (SSSR count). The van der Waals surface area contributed by atoms with Crippen LogP contribution >= 0.6 is 27.5 Å². The summed E-state index contributed by atoms with van der Waals surface area (Å²) in [5, 5.41) is 0.387. The molecule has 0 radical (unpaired) electrons. The quantitative estimate of drug-likeness (QED) is 0.635. The fraction of sp³-hybridized carbons (Fsp3) is 0.0769. The van der Waals surface area contributed by atoms with Crippen molar-refractivity contribution in [2.24, 2.45) is 0 Å². The Kier molecular flexibility index (Phi) is 3.92. The van der Waals surface area contributed by atoms with E-state index in [-0.39, 0.29) is 12.2 Å². The molecule has 0 aliphatic carbocycles. The number of carbonyl (C=O) groups excluding carboxylic acids is 1. The molecule has 17 heavy (non-hydrogen) atoms. The van der Waals surface area contributed by atoms with Gasteiger partial charge in [0.15, 0.2) is 5.78 Å². The van der Waals surface area contributed by atoms with Crippen molar-refractivity contribution < 1.29 is 4.79 Å². The predicted molar refractivity (Wildman–Crippen MR) is 71.4 cm³/mol. The standard InChI is InChI=1S/C13H9BrClNO/c14-11-5-3-9(4-6-11)12(17)8-10-2-1-7-16-13(10)15/h1-7H,8H2. The third-order valence-corrected chi connectivity index (χ3v) is 3.22. The Labute approximate surface area is 113 Å². The molecule has 0 saturated carbocycles. The number of benzene rings is 1. The molecule has 1 aromatic carbocycles. The Morgan fingerprint density at radius 1 is 1.24 bits per heavy atom. The monoisotopic (exact) mass is 309 g/mol. The first kappa shape index (κ1) is 12.3. The van der Waals surface area contributed by atoms with Gasteiger partial charge in [-0.05, 0) is 23.8 Å². The van der Waals surface area contributed by atoms with Gasteiger partial charge in [0, 0.05) is 22.7 Å². The third kappa shape index (κ3) is 3.14. The smallest absolute Gasteiger partial charge is 0.167 e. The Balaban J connectivity index is 2.17. The van der Waals surface area contributed by atoms with E-state index >= 15 is 0 Å². The maximum absolute atomic E-state index is 12.0. The van der Waals surface area contributed by atoms with E-state index in [9.17, 15) is 4.79 Å². The number of pyridine rings is 1. The van der Waals surface area contributed by atoms with Crippen molar-refractivity contribution in [2.45, 2.75) is 6.42 Å². The number of rotatable bonds is 3. The minimum atomic E-state index is 0.0346. The summed E-state index contributed by atoms with van der Waals surface area (Å²) in [6.07, 6.45) is 1.88. The summed E-state index contributed by atoms with van der Waals surface area (Å²) < 4.78 is 0.952. The van der Waals surface area contributed by atoms with E-state index in [1.165, 1.54) is 0 Å². The van der Waals surface area contributed by atoms with Crippen LogP contribution in [0.25, 0.3) is 0 Å². The molecule has 0 aliphatic rings. The van der Waals surface area contributed by atoms with E-state index in [0.717, 1.165) is 10.0 Å². The maximum Gasteiger partial charge on any atom is 0.167 e. The highest BCUT2D eigenvalue weighted by Crippen LogP contribution is 2.16. The summed E-state index contributed by atoms with van der Waals surface area (Å²) in [5.41, 5.74) is 1.43. The zero-order valence-corrected chi connectivity index (χ0v) is 11.2. The Bertz CT molecular complexity index is 539. The highest BCUT2D eigenvalue weighted by atomic mass is 79.9. The second-order valence-corrected chi connectivity index (χ2v) is 4.83. The summed E-state index contributed by atoms with van der Waals surface area (Å²) in [6, 6.07) is 10.9. The van der Waals surface area contributed by atoms with Gasteiger partial charge in [-0.3, -0.25) is 4.79 Å². The van der Waals surface area contributed by atoms with Crippen LogP contribution in [0.1, 0.15) is 15.9 Å². The highest BCUT2D eigenvalue weighted by Gasteiger charge is 2.09. The van der Waals surface area contributed by atoms with Gasteiger partial charge in [-0.15, -0.1) is 0 Å². The van der Waals surface area contributed by atoms with Crippen molar-refractivity contribution >= 4 is 33.3 Å². The molecule has 0 unspecified atom stereocenters. The first-order valence-corrected chi connectivity index (χ1v) is 6.22. The van der Waals surface area contributed by atoms with Gasteiger partial charge >= 0.3 is 0 Å². The van der Waals surface area contributed by atoms with Crippen molar-refractivity contribution in [3.05, 3.63) is 63.3 Å². The molecule has 0 saturated heterocycles. The summed E-state index contributed by atoms with van der Waals surface area (Å²) in [7, 11) is 0. The van der Waals surface area contributed by atoms with Gasteiger partial charge in [0.1, 0.15) is 5.15 Å². The number of Topliss-reactive ketones (excluding diaryl/α,β-unsaturated/α-hetero) is 1. The Hall–Kier alpha value is -1.19. The van der Waals surface area contributed by atoms with Gasteiger partial charge < -0.3 is 0 Å². The van der Waals surface area contributed by atoms with Gasteiger partial charge in [0.2, 0.25) is 0 Å². The van der Waals surface area contributed by atoms with E-state index < -0.39 is 0 Å². The molecule has 0 spiro atoms. The SMILES string of the molecule is O=C(Cc1cccnc1Cl)c1ccc(Br)cc1. The van der Waals surface area contributed by atoms with E-state index in [0.29, 0.717) is 10.7 Å². The molecule has 0 N–H and O–H groups in total. The Morgan fingerprint density at radius 2 is 1.94 bits per heavy atom. The molecular weight excluding hydrogens is 302 g/mol. The van der Waals surface area contributed by atoms with Crippen LogP contribution in [0, 0.1) is 0 Å². The number of carbonyl (C=O) groups is 1. The first-order valence-electron chi connectivity index (χ1n) is 5.05. The normalized spacial score (nSPS) is 10.2. The summed E-state index contributed by atoms with van der Waals surface area (Å²) in [6.45, 7) is 0. The lowest BCUT2D eigenvalue weighted by molar-refractivity contribution is 0.0993. The minimum Gasteiger partial charge on any atom is -0.294 e. The average molecular weight is 311 g/mol. The number of ketones is 1. The summed E-state index contributed by atoms with van der Waals surface area (Å²) >= 11 is 9.24. The van der Waals surface area contributed by atoms with Crippen molar-refractivity contribution in [3.63, 3.8) is 0 Å². The van der Waals surface area contributed by atoms with E-state index in [1.807, 2.05) is 18.2 Å². The van der Waals surface area contributed by atoms with Crippen molar-refractivity contribution in [2.75, 3.05) is 0 Å². The van der Waals surface area contributed by atoms with Crippen molar-refractivity contribution in [1.29, 1.82) is 0 Å². The highest BCUT2D eigenvalue weighted by molar-refractivity contribution is 9.10. The van der Waals surface area contributed by atoms with Crippen LogP contribution in [-0.2, 0) is 6.42 Å². The molecule has 1 aromatic heterocycles. The number of nitrogens with zero attached hydrogens (tertiary/aromatic N) is 1. The van der Waals surface area contributed by atoms with Crippen molar-refractivity contribution in [1.82, 2.24) is 4.98 Å². The molecule has 4 heteroatoms. The van der Waals surface area contributed by atoms with E-state index in [2.05, 4.69) is 20.9 Å². The molecule has 86 valence electrons. The van der Waals surface area contributed by atoms with E-state index in [1.54, 1.807) is 24.4 Å². The van der Waals surface area contributed by atoms with Crippen molar-refractivity contribution in [3.8, 4) is 0 Å². The summed E-state index contributed by atoms with van der Waals surface area (Å²) in [5.74, 6) is 0.0346. The molecule has 2 nitrogen and oxygen atoms in total. The third-order valence-electron chi connectivity index (χ3n) is 2.35. The zero-order chi connectivity index (χ0) is 12.3. The largest absolute Gasteiger partial charge is 0.294 e. The molecule has 2 aromatic rings. The maximum atomic E-state index is 12.0. The predicted octanol–water partition coefficient (Wildman–Crippen LogP) is 3.92. The van der Waals surface area contributed by atoms with E-state index in [4.69, 9.17) is 11.6 Å². The zero-order valence-electron chi connectivity index (χ0n) is 8.86. The van der Waals surface area contributed by atoms with Gasteiger partial charge in [-0.25, -0.2) is 4.98 Å². The van der Waals surface area contributed by atoms with Crippen LogP contribution in [-0.4, -0.2) is 10.8 Å². The topological polar surface area (TPSA) is 30.0 Å². The van der Waals surface area contributed by atoms with Crippen LogP contribution in [0.4, 0.5) is 0 Å². The lowest BCUT2D eigenvalue weighted by Gasteiger charge is -2.03. The lowest BCUT2D eigenvalue weighted by atomic mass is 10.0. The fourth-order valence-electron chi connectivity index (χ4n) is 1.46. The molecule has 0 aliphatic heterocycles. The second-order valence-electron chi connectivity index (χ2n) is 3.56. The van der Waals surface area contributed by atoms with Gasteiger partial charge in [-0.2, -0.15) is 0 Å². The van der Waals surface area contributed by atoms with Crippen LogP contribution in [0.5, 0.6) is 0 Å². The number of aromatic nitrogens is 1. The van der Waals surface area contributed by atoms with Crippen LogP contribution in [0.3, 0.4) is 0 Å². The van der Waals surface area contributed by atoms with Gasteiger partial charge in [-0.1, -0.05) is 45.7 Å². The number of hydrogen-bond acceptors (Lipinski definition) is 2. The van der Waals surface area contributed by atoms with Gasteiger partial charge in [0.05, 0.1) is 0 Å². The van der Waals surface area contributed by atoms with Crippen LogP contribution in [0.2, 0.25) is 5.15 Å². The molecular formula is C13H9BrClNO. The average Bonchev–Trinajstić information content (AvgIpc) is 2.33. The molecule has 0 atom stereocenters. The Morgan fingerprint density at radius 3 is 2.59 bits per heavy atom. The fourth-order valence-corrected chi connectivity index (χ4v) is 1.91. The molecule has 1 heterocycles. The number of halogens is 2. The van der Waals surface area contributed by atoms with Gasteiger partial charge in [0.25, 0.3) is 0 Å². The molecule has 0 bridgehead atoms. The summed E-state index contributed by atoms with van der Waals surface area (Å²) in [4.78, 5) is 15.9.